The van der Waals surface area contributed by atoms with E-state index in [0.717, 1.165) is 16.8 Å². The summed E-state index contributed by atoms with van der Waals surface area (Å²) in [4.78, 5) is 2.16. The molecule has 0 unspecified atom stereocenters. The van der Waals surface area contributed by atoms with Crippen molar-refractivity contribution in [3.63, 3.8) is 0 Å². The number of rotatable bonds is 4. The van der Waals surface area contributed by atoms with E-state index in [1.54, 1.807) is 42.5 Å². The quantitative estimate of drug-likeness (QED) is 0.642. The van der Waals surface area contributed by atoms with Crippen molar-refractivity contribution in [3.05, 3.63) is 72.3 Å². The van der Waals surface area contributed by atoms with Gasteiger partial charge < -0.3 is 9.64 Å². The Kier molecular flexibility index (Phi) is 5.10. The van der Waals surface area contributed by atoms with Crippen LogP contribution in [-0.2, 0) is 10.0 Å². The highest BCUT2D eigenvalue weighted by Crippen LogP contribution is 2.38. The average Bonchev–Trinajstić information content (AvgIpc) is 2.78. The summed E-state index contributed by atoms with van der Waals surface area (Å²) in [5.41, 5.74) is 3.77. The third kappa shape index (κ3) is 3.58. The molecule has 1 aliphatic rings. The van der Waals surface area contributed by atoms with Crippen LogP contribution in [0.1, 0.15) is 5.56 Å². The highest BCUT2D eigenvalue weighted by molar-refractivity contribution is 7.92. The lowest BCUT2D eigenvalue weighted by Gasteiger charge is -2.31. The van der Waals surface area contributed by atoms with Crippen LogP contribution < -0.4 is 13.9 Å². The molecule has 0 atom stereocenters. The van der Waals surface area contributed by atoms with E-state index in [4.69, 9.17) is 10.00 Å². The number of ether oxygens (including phenoxy) is 1. The predicted octanol–water partition coefficient (Wildman–Crippen LogP) is 3.88. The van der Waals surface area contributed by atoms with Crippen molar-refractivity contribution in [1.29, 1.82) is 5.26 Å². The average molecular weight is 420 g/mol. The molecule has 0 amide bonds. The van der Waals surface area contributed by atoms with Crippen molar-refractivity contribution in [1.82, 2.24) is 0 Å². The summed E-state index contributed by atoms with van der Waals surface area (Å²) in [6.45, 7) is 0.528. The Morgan fingerprint density at radius 2 is 1.63 bits per heavy atom. The van der Waals surface area contributed by atoms with Crippen LogP contribution >= 0.6 is 0 Å². The summed E-state index contributed by atoms with van der Waals surface area (Å²) in [6, 6.07) is 21.6. The Hall–Kier alpha value is -3.50. The maximum atomic E-state index is 13.4. The molecule has 6 nitrogen and oxygen atoms in total. The fraction of sp³-hybridized carbons (Fsp3) is 0.174. The molecule has 4 rings (SSSR count). The number of anilines is 2. The smallest absolute Gasteiger partial charge is 0.264 e. The van der Waals surface area contributed by atoms with E-state index < -0.39 is 10.0 Å². The molecule has 30 heavy (non-hydrogen) atoms. The van der Waals surface area contributed by atoms with Gasteiger partial charge in [0.15, 0.2) is 0 Å². The lowest BCUT2D eigenvalue weighted by molar-refractivity contribution is 0.316. The number of nitrogens with zero attached hydrogens (tertiary/aromatic N) is 3. The van der Waals surface area contributed by atoms with Crippen LogP contribution in [0.4, 0.5) is 11.4 Å². The summed E-state index contributed by atoms with van der Waals surface area (Å²) in [7, 11) is 0.0825. The van der Waals surface area contributed by atoms with Gasteiger partial charge in [-0.2, -0.15) is 5.26 Å². The minimum absolute atomic E-state index is 0.238. The molecular weight excluding hydrogens is 398 g/mol. The van der Waals surface area contributed by atoms with Gasteiger partial charge in [-0.1, -0.05) is 18.2 Å². The number of hydrogen-bond donors (Lipinski definition) is 0. The zero-order valence-corrected chi connectivity index (χ0v) is 17.6. The van der Waals surface area contributed by atoms with Crippen molar-refractivity contribution in [2.45, 2.75) is 4.90 Å². The van der Waals surface area contributed by atoms with E-state index in [0.29, 0.717) is 17.0 Å². The Morgan fingerprint density at radius 1 is 0.967 bits per heavy atom. The zero-order chi connectivity index (χ0) is 21.3. The van der Waals surface area contributed by atoms with E-state index >= 15 is 0 Å². The lowest BCUT2D eigenvalue weighted by atomic mass is 10.0. The Bertz CT molecular complexity index is 1210. The second-order valence-corrected chi connectivity index (χ2v) is 9.05. The second-order valence-electron chi connectivity index (χ2n) is 7.19. The van der Waals surface area contributed by atoms with Crippen molar-refractivity contribution in [2.75, 3.05) is 36.5 Å². The molecule has 0 radical (unpaired) electrons. The van der Waals surface area contributed by atoms with E-state index in [-0.39, 0.29) is 18.0 Å². The molecule has 0 aromatic heterocycles. The highest BCUT2D eigenvalue weighted by Gasteiger charge is 2.30. The van der Waals surface area contributed by atoms with Crippen molar-refractivity contribution < 1.29 is 13.2 Å². The molecule has 0 bridgehead atoms. The fourth-order valence-electron chi connectivity index (χ4n) is 3.40. The summed E-state index contributed by atoms with van der Waals surface area (Å²) in [5.74, 6) is 0.534. The van der Waals surface area contributed by atoms with E-state index in [1.165, 1.54) is 4.31 Å². The van der Waals surface area contributed by atoms with Gasteiger partial charge in [-0.05, 0) is 59.7 Å². The first kappa shape index (κ1) is 19.8. The molecule has 7 heteroatoms. The van der Waals surface area contributed by atoms with Crippen LogP contribution in [0.2, 0.25) is 0 Å². The van der Waals surface area contributed by atoms with E-state index in [1.807, 2.05) is 43.3 Å². The molecule has 0 aliphatic carbocycles. The Balaban J connectivity index is 1.74. The zero-order valence-electron chi connectivity index (χ0n) is 16.7. The second kappa shape index (κ2) is 7.73. The van der Waals surface area contributed by atoms with Gasteiger partial charge in [0.2, 0.25) is 0 Å². The number of hydrogen-bond acceptors (Lipinski definition) is 5. The van der Waals surface area contributed by atoms with Gasteiger partial charge in [-0.3, -0.25) is 4.31 Å². The number of sulfonamides is 1. The van der Waals surface area contributed by atoms with Crippen LogP contribution in [0.25, 0.3) is 11.1 Å². The van der Waals surface area contributed by atoms with Gasteiger partial charge >= 0.3 is 0 Å². The third-order valence-corrected chi connectivity index (χ3v) is 6.90. The first-order chi connectivity index (χ1) is 14.4. The minimum atomic E-state index is -3.74. The molecule has 0 spiro atoms. The van der Waals surface area contributed by atoms with Crippen LogP contribution in [0, 0.1) is 11.3 Å². The Labute approximate surface area is 176 Å². The molecule has 0 N–H and O–H groups in total. The minimum Gasteiger partial charge on any atom is -0.489 e. The normalized spacial score (nSPS) is 13.2. The summed E-state index contributed by atoms with van der Waals surface area (Å²) in [6.07, 6.45) is 0. The predicted molar refractivity (Wildman–Crippen MR) is 117 cm³/mol. The lowest BCUT2D eigenvalue weighted by Crippen LogP contribution is -2.37. The molecule has 0 saturated carbocycles. The maximum Gasteiger partial charge on any atom is 0.264 e. The van der Waals surface area contributed by atoms with Gasteiger partial charge in [-0.15, -0.1) is 0 Å². The summed E-state index contributed by atoms with van der Waals surface area (Å²) >= 11 is 0. The van der Waals surface area contributed by atoms with Gasteiger partial charge in [0, 0.05) is 19.8 Å². The number of nitriles is 1. The first-order valence-corrected chi connectivity index (χ1v) is 10.9. The molecule has 1 aliphatic heterocycles. The topological polar surface area (TPSA) is 73.6 Å². The summed E-state index contributed by atoms with van der Waals surface area (Å²) in [5, 5.41) is 8.99. The monoisotopic (exact) mass is 419 g/mol. The van der Waals surface area contributed by atoms with Gasteiger partial charge in [-0.25, -0.2) is 8.42 Å². The van der Waals surface area contributed by atoms with Crippen molar-refractivity contribution in [2.24, 2.45) is 0 Å². The highest BCUT2D eigenvalue weighted by atomic mass is 32.2. The van der Waals surface area contributed by atoms with Crippen LogP contribution in [-0.4, -0.2) is 35.7 Å². The third-order valence-electron chi connectivity index (χ3n) is 5.07. The Morgan fingerprint density at radius 3 is 2.27 bits per heavy atom. The SMILES string of the molecule is CN(C)c1ccc(S(=O)(=O)N2CCOc3ccc(-c4ccc(C#N)cc4)cc32)cc1. The standard InChI is InChI=1S/C23H21N3O3S/c1-25(2)20-8-10-21(11-9-20)30(27,28)26-13-14-29-23-12-7-19(15-22(23)26)18-5-3-17(16-24)4-6-18/h3-12,15H,13-14H2,1-2H3. The molecule has 0 saturated heterocycles. The molecule has 3 aromatic rings. The van der Waals surface area contributed by atoms with Gasteiger partial charge in [0.05, 0.1) is 28.8 Å². The number of benzene rings is 3. The molecule has 152 valence electrons. The van der Waals surface area contributed by atoms with E-state index in [2.05, 4.69) is 6.07 Å². The largest absolute Gasteiger partial charge is 0.489 e. The van der Waals surface area contributed by atoms with E-state index in [9.17, 15) is 8.42 Å². The summed E-state index contributed by atoms with van der Waals surface area (Å²) < 4.78 is 33.9. The van der Waals surface area contributed by atoms with Crippen molar-refractivity contribution >= 4 is 21.4 Å². The maximum absolute atomic E-state index is 13.4. The molecule has 0 fully saturated rings. The van der Waals surface area contributed by atoms with Gasteiger partial charge in [0.1, 0.15) is 12.4 Å². The first-order valence-electron chi connectivity index (χ1n) is 9.48. The van der Waals surface area contributed by atoms with Crippen LogP contribution in [0.15, 0.2) is 71.6 Å². The molecule has 3 aromatic carbocycles. The van der Waals surface area contributed by atoms with Crippen LogP contribution in [0.5, 0.6) is 5.75 Å². The van der Waals surface area contributed by atoms with Crippen molar-refractivity contribution in [3.8, 4) is 22.9 Å². The number of fused-ring (bicyclic) bond motifs is 1. The van der Waals surface area contributed by atoms with Crippen LogP contribution in [0.3, 0.4) is 0 Å². The molecule has 1 heterocycles. The molecular formula is C23H21N3O3S. The fourth-order valence-corrected chi connectivity index (χ4v) is 4.85. The van der Waals surface area contributed by atoms with Gasteiger partial charge in [0.25, 0.3) is 10.0 Å².